The van der Waals surface area contributed by atoms with Crippen molar-refractivity contribution >= 4 is 43.5 Å². The maximum Gasteiger partial charge on any atom is 0.255 e. The van der Waals surface area contributed by atoms with Crippen LogP contribution in [0.1, 0.15) is 15.9 Å². The molecule has 0 radical (unpaired) electrons. The highest BCUT2D eigenvalue weighted by atomic mass is 32.2. The zero-order valence-electron chi connectivity index (χ0n) is 24.6. The Labute approximate surface area is 261 Å². The fourth-order valence-electron chi connectivity index (χ4n) is 5.72. The van der Waals surface area contributed by atoms with Gasteiger partial charge in [-0.2, -0.15) is 5.26 Å². The van der Waals surface area contributed by atoms with Crippen LogP contribution in [0.2, 0.25) is 0 Å². The van der Waals surface area contributed by atoms with E-state index in [0.29, 0.717) is 44.7 Å². The lowest BCUT2D eigenvalue weighted by Gasteiger charge is -2.23. The van der Waals surface area contributed by atoms with Crippen LogP contribution in [-0.2, 0) is 16.8 Å². The third kappa shape index (κ3) is 4.53. The molecular weight excluding hydrogens is 616 g/mol. The highest BCUT2D eigenvalue weighted by Gasteiger charge is 2.28. The summed E-state index contributed by atoms with van der Waals surface area (Å²) < 4.78 is 69.2. The van der Waals surface area contributed by atoms with Gasteiger partial charge in [0.15, 0.2) is 6.73 Å². The van der Waals surface area contributed by atoms with Gasteiger partial charge in [-0.3, -0.25) is 9.10 Å². The van der Waals surface area contributed by atoms with Crippen molar-refractivity contribution in [3.63, 3.8) is 0 Å². The first-order valence-corrected chi connectivity index (χ1v) is 15.7. The number of carbonyl (C=O) groups is 1. The molecule has 3 aromatic heterocycles. The number of halogens is 2. The Morgan fingerprint density at radius 2 is 1.85 bits per heavy atom. The number of furan rings is 1. The number of sulfonamides is 1. The largest absolute Gasteiger partial charge is 0.470 e. The minimum atomic E-state index is -3.78. The number of rotatable bonds is 5. The quantitative estimate of drug-likeness (QED) is 0.243. The molecular formula is C33H23F2N5O5S. The van der Waals surface area contributed by atoms with E-state index in [1.165, 1.54) is 44.4 Å². The highest BCUT2D eigenvalue weighted by molar-refractivity contribution is 7.92. The summed E-state index contributed by atoms with van der Waals surface area (Å²) in [6, 6.07) is 18.4. The van der Waals surface area contributed by atoms with Crippen LogP contribution in [0, 0.1) is 23.0 Å². The van der Waals surface area contributed by atoms with Crippen molar-refractivity contribution in [2.45, 2.75) is 6.73 Å². The van der Waals surface area contributed by atoms with E-state index in [2.05, 4.69) is 5.32 Å². The third-order valence-corrected chi connectivity index (χ3v) is 9.20. The van der Waals surface area contributed by atoms with Crippen LogP contribution >= 0.6 is 0 Å². The molecule has 230 valence electrons. The van der Waals surface area contributed by atoms with Crippen LogP contribution in [0.25, 0.3) is 55.8 Å². The van der Waals surface area contributed by atoms with Gasteiger partial charge in [-0.25, -0.2) is 22.2 Å². The van der Waals surface area contributed by atoms with Gasteiger partial charge in [0.05, 0.1) is 46.0 Å². The number of nitriles is 1. The Kier molecular flexibility index (Phi) is 6.57. The molecule has 1 amide bonds. The van der Waals surface area contributed by atoms with Gasteiger partial charge in [-0.15, -0.1) is 0 Å². The molecule has 1 N–H and O–H groups in total. The summed E-state index contributed by atoms with van der Waals surface area (Å²) in [5.41, 5.74) is 3.08. The summed E-state index contributed by atoms with van der Waals surface area (Å²) in [7, 11) is -0.930. The standard InChI is InChI=1S/C33H23F2N5O5S/c1-37-33(41)29-22-13-21(25(39(2)46(3,42)43)14-28(22)45-32(29)18-4-6-20(34)7-5-18)24-8-9-27-30(38-24)26-12-19-10-17(15-36)11-23(35)31(19)40(26)16-44-27/h4-14H,16H2,1-3H3,(H,37,41). The topological polar surface area (TPSA) is 130 Å². The van der Waals surface area contributed by atoms with Gasteiger partial charge < -0.3 is 19.0 Å². The van der Waals surface area contributed by atoms with E-state index in [1.807, 2.05) is 6.07 Å². The van der Waals surface area contributed by atoms with E-state index in [1.54, 1.807) is 34.9 Å². The van der Waals surface area contributed by atoms with E-state index < -0.39 is 27.6 Å². The number of ether oxygens (including phenoxy) is 1. The summed E-state index contributed by atoms with van der Waals surface area (Å²) in [5.74, 6) is -0.912. The van der Waals surface area contributed by atoms with Gasteiger partial charge in [0.25, 0.3) is 5.91 Å². The van der Waals surface area contributed by atoms with Crippen molar-refractivity contribution in [1.82, 2.24) is 14.9 Å². The van der Waals surface area contributed by atoms with Gasteiger partial charge in [-0.05, 0) is 60.7 Å². The molecule has 0 aliphatic carbocycles. The lowest BCUT2D eigenvalue weighted by atomic mass is 10.0. The maximum absolute atomic E-state index is 15.1. The number of fused-ring (bicyclic) bond motifs is 6. The molecule has 13 heteroatoms. The fraction of sp³-hybridized carbons (Fsp3) is 0.121. The van der Waals surface area contributed by atoms with Gasteiger partial charge in [-0.1, -0.05) is 0 Å². The van der Waals surface area contributed by atoms with E-state index in [-0.39, 0.29) is 40.4 Å². The zero-order valence-corrected chi connectivity index (χ0v) is 25.4. The van der Waals surface area contributed by atoms with Crippen molar-refractivity contribution in [3.05, 3.63) is 89.5 Å². The van der Waals surface area contributed by atoms with Gasteiger partial charge in [0.2, 0.25) is 10.0 Å². The Balaban J connectivity index is 1.49. The van der Waals surface area contributed by atoms with Gasteiger partial charge >= 0.3 is 0 Å². The van der Waals surface area contributed by atoms with Gasteiger partial charge in [0, 0.05) is 42.1 Å². The average Bonchev–Trinajstić information content (AvgIpc) is 3.61. The Morgan fingerprint density at radius 1 is 1.09 bits per heavy atom. The molecule has 46 heavy (non-hydrogen) atoms. The predicted octanol–water partition coefficient (Wildman–Crippen LogP) is 6.04. The normalized spacial score (nSPS) is 12.3. The first kappa shape index (κ1) is 29.0. The minimum Gasteiger partial charge on any atom is -0.470 e. The third-order valence-electron chi connectivity index (χ3n) is 8.00. The summed E-state index contributed by atoms with van der Waals surface area (Å²) in [5, 5.41) is 12.8. The predicted molar refractivity (Wildman–Crippen MR) is 168 cm³/mol. The van der Waals surface area contributed by atoms with E-state index in [4.69, 9.17) is 14.1 Å². The van der Waals surface area contributed by atoms with Crippen LogP contribution in [0.3, 0.4) is 0 Å². The average molecular weight is 640 g/mol. The number of pyridine rings is 1. The summed E-state index contributed by atoms with van der Waals surface area (Å²) >= 11 is 0. The number of hydrogen-bond donors (Lipinski definition) is 1. The number of carbonyl (C=O) groups excluding carboxylic acids is 1. The Hall–Kier alpha value is -5.74. The van der Waals surface area contributed by atoms with Crippen LogP contribution in [0.5, 0.6) is 5.75 Å². The van der Waals surface area contributed by atoms with Crippen molar-refractivity contribution < 1.29 is 31.1 Å². The lowest BCUT2D eigenvalue weighted by Crippen LogP contribution is -2.25. The molecule has 0 saturated heterocycles. The number of aromatic nitrogens is 2. The number of hydrogen-bond acceptors (Lipinski definition) is 7. The number of nitrogens with zero attached hydrogens (tertiary/aromatic N) is 4. The highest BCUT2D eigenvalue weighted by Crippen LogP contribution is 2.44. The van der Waals surface area contributed by atoms with Crippen molar-refractivity contribution in [2.75, 3.05) is 24.7 Å². The second kappa shape index (κ2) is 10.4. The molecule has 7 rings (SSSR count). The number of nitrogens with one attached hydrogen (secondary N) is 1. The number of anilines is 1. The van der Waals surface area contributed by atoms with Crippen molar-refractivity contribution in [2.24, 2.45) is 0 Å². The van der Waals surface area contributed by atoms with Crippen molar-refractivity contribution in [3.8, 4) is 45.8 Å². The SMILES string of the molecule is CNC(=O)c1c(-c2ccc(F)cc2)oc2cc(N(C)S(C)(=O)=O)c(-c3ccc4c(n3)-c3cc5cc(C#N)cc(F)c5n3CO4)cc12. The lowest BCUT2D eigenvalue weighted by molar-refractivity contribution is 0.0964. The van der Waals surface area contributed by atoms with Gasteiger partial charge in [0.1, 0.15) is 34.4 Å². The van der Waals surface area contributed by atoms with Crippen LogP contribution < -0.4 is 14.4 Å². The zero-order chi connectivity index (χ0) is 32.5. The van der Waals surface area contributed by atoms with E-state index in [9.17, 15) is 22.9 Å². The molecule has 10 nitrogen and oxygen atoms in total. The minimum absolute atomic E-state index is 0.0143. The first-order valence-electron chi connectivity index (χ1n) is 13.9. The molecule has 0 atom stereocenters. The van der Waals surface area contributed by atoms with Crippen LogP contribution in [0.15, 0.2) is 71.1 Å². The molecule has 0 fully saturated rings. The second-order valence-corrected chi connectivity index (χ2v) is 12.8. The van der Waals surface area contributed by atoms with Crippen molar-refractivity contribution in [1.29, 1.82) is 5.26 Å². The molecule has 3 aromatic carbocycles. The Bertz CT molecular complexity index is 2410. The summed E-state index contributed by atoms with van der Waals surface area (Å²) in [6.07, 6.45) is 1.06. The molecule has 1 aliphatic rings. The fourth-order valence-corrected chi connectivity index (χ4v) is 6.23. The summed E-state index contributed by atoms with van der Waals surface area (Å²) in [4.78, 5) is 18.1. The molecule has 0 spiro atoms. The summed E-state index contributed by atoms with van der Waals surface area (Å²) in [6.45, 7) is 0.0143. The molecule has 0 saturated carbocycles. The molecule has 4 heterocycles. The smallest absolute Gasteiger partial charge is 0.255 e. The van der Waals surface area contributed by atoms with E-state index in [0.717, 1.165) is 16.6 Å². The van der Waals surface area contributed by atoms with E-state index >= 15 is 4.39 Å². The first-order chi connectivity index (χ1) is 22.0. The Morgan fingerprint density at radius 3 is 2.54 bits per heavy atom. The molecule has 0 unspecified atom stereocenters. The number of amides is 1. The molecule has 1 aliphatic heterocycles. The molecule has 0 bridgehead atoms. The second-order valence-electron chi connectivity index (χ2n) is 10.8. The monoisotopic (exact) mass is 639 g/mol. The maximum atomic E-state index is 15.1. The van der Waals surface area contributed by atoms with Crippen LogP contribution in [0.4, 0.5) is 14.5 Å². The molecule has 6 aromatic rings. The number of benzene rings is 3. The van der Waals surface area contributed by atoms with Crippen LogP contribution in [-0.4, -0.2) is 44.2 Å².